The van der Waals surface area contributed by atoms with E-state index in [1.54, 1.807) is 29.5 Å². The molecule has 0 bridgehead atoms. The fourth-order valence-corrected chi connectivity index (χ4v) is 7.86. The van der Waals surface area contributed by atoms with Crippen molar-refractivity contribution in [2.75, 3.05) is 11.8 Å². The third-order valence-corrected chi connectivity index (χ3v) is 10.3. The Bertz CT molecular complexity index is 1650. The topological polar surface area (TPSA) is 116 Å². The van der Waals surface area contributed by atoms with E-state index >= 15 is 0 Å². The second-order valence-corrected chi connectivity index (χ2v) is 13.2. The molecule has 5 rings (SSSR count). The number of aromatic nitrogens is 3. The highest BCUT2D eigenvalue weighted by Gasteiger charge is 2.32. The first-order valence-electron chi connectivity index (χ1n) is 11.1. The van der Waals surface area contributed by atoms with Crippen LogP contribution < -0.4 is 4.72 Å². The Balaban J connectivity index is 1.58. The van der Waals surface area contributed by atoms with Gasteiger partial charge in [0, 0.05) is 21.7 Å². The molecule has 1 aliphatic rings. The molecule has 1 aliphatic heterocycles. The van der Waals surface area contributed by atoms with E-state index in [2.05, 4.69) is 14.9 Å². The number of methoxy groups -OCH3 is 1. The Morgan fingerprint density at radius 1 is 1.11 bits per heavy atom. The number of fused-ring (bicyclic) bond motifs is 3. The van der Waals surface area contributed by atoms with Gasteiger partial charge in [0.25, 0.3) is 10.0 Å². The fourth-order valence-electron chi connectivity index (χ4n) is 4.11. The number of aliphatic imine (C=N–C) groups is 1. The second-order valence-electron chi connectivity index (χ2n) is 8.42. The third kappa shape index (κ3) is 4.70. The smallest absolute Gasteiger partial charge is 0.308 e. The predicted molar refractivity (Wildman–Crippen MR) is 145 cm³/mol. The first kappa shape index (κ1) is 25.6. The van der Waals surface area contributed by atoms with Crippen LogP contribution in [0.4, 0.5) is 5.69 Å². The van der Waals surface area contributed by atoms with Crippen LogP contribution in [0.25, 0.3) is 5.00 Å². The monoisotopic (exact) mass is 575 g/mol. The maximum Gasteiger partial charge on any atom is 0.308 e. The number of hydrogen-bond donors (Lipinski definition) is 1. The Hall–Kier alpha value is -3.06. The number of benzene rings is 1. The van der Waals surface area contributed by atoms with E-state index in [0.29, 0.717) is 27.4 Å². The first-order valence-corrected chi connectivity index (χ1v) is 14.6. The summed E-state index contributed by atoms with van der Waals surface area (Å²) in [6.45, 7) is 5.95. The second kappa shape index (κ2) is 9.67. The number of aryl methyl sites for hydroxylation is 2. The summed E-state index contributed by atoms with van der Waals surface area (Å²) in [5.41, 5.74) is 3.86. The normalized spacial score (nSPS) is 14.9. The van der Waals surface area contributed by atoms with Crippen molar-refractivity contribution in [3.05, 3.63) is 74.0 Å². The van der Waals surface area contributed by atoms with E-state index in [1.165, 1.54) is 13.2 Å². The number of esters is 1. The molecule has 1 N–H and O–H groups in total. The van der Waals surface area contributed by atoms with Gasteiger partial charge in [-0.1, -0.05) is 23.7 Å². The molecule has 0 fully saturated rings. The summed E-state index contributed by atoms with van der Waals surface area (Å²) in [4.78, 5) is 18.4. The van der Waals surface area contributed by atoms with Gasteiger partial charge in [-0.2, -0.15) is 0 Å². The number of nitrogens with zero attached hydrogens (tertiary/aromatic N) is 4. The minimum atomic E-state index is -3.76. The lowest BCUT2D eigenvalue weighted by molar-refractivity contribution is -0.141. The van der Waals surface area contributed by atoms with Gasteiger partial charge in [0.15, 0.2) is 5.82 Å². The zero-order valence-corrected chi connectivity index (χ0v) is 23.5. The molecular formula is C24H22ClN5O4S3. The summed E-state index contributed by atoms with van der Waals surface area (Å²) in [6, 6.07) is 9.39. The SMILES string of the molecule is COC(=O)C[C@@H]1N=C(c2ccc(NS(=O)(=O)c3ccc(Cl)s3)cc2)c2c(sc(C)c2C)-n2c(C)nnc21. The molecular weight excluding hydrogens is 554 g/mol. The van der Waals surface area contributed by atoms with Crippen LogP contribution in [0.2, 0.25) is 4.34 Å². The van der Waals surface area contributed by atoms with Crippen molar-refractivity contribution in [1.29, 1.82) is 0 Å². The highest BCUT2D eigenvalue weighted by atomic mass is 35.5. The molecule has 1 aromatic carbocycles. The summed E-state index contributed by atoms with van der Waals surface area (Å²) in [5.74, 6) is 0.860. The lowest BCUT2D eigenvalue weighted by Gasteiger charge is -2.12. The Morgan fingerprint density at radius 2 is 1.84 bits per heavy atom. The van der Waals surface area contributed by atoms with Gasteiger partial charge in [0.1, 0.15) is 21.1 Å². The minimum absolute atomic E-state index is 0.00631. The Kier molecular flexibility index (Phi) is 6.69. The summed E-state index contributed by atoms with van der Waals surface area (Å²) in [5, 5.41) is 9.54. The minimum Gasteiger partial charge on any atom is -0.469 e. The van der Waals surface area contributed by atoms with E-state index in [9.17, 15) is 13.2 Å². The predicted octanol–water partition coefficient (Wildman–Crippen LogP) is 5.22. The molecule has 0 radical (unpaired) electrons. The summed E-state index contributed by atoms with van der Waals surface area (Å²) < 4.78 is 35.4. The van der Waals surface area contributed by atoms with E-state index in [-0.39, 0.29) is 10.6 Å². The van der Waals surface area contributed by atoms with Gasteiger partial charge in [0.05, 0.1) is 23.6 Å². The van der Waals surface area contributed by atoms with Crippen LogP contribution in [0, 0.1) is 20.8 Å². The van der Waals surface area contributed by atoms with Gasteiger partial charge in [-0.3, -0.25) is 19.1 Å². The van der Waals surface area contributed by atoms with Gasteiger partial charge >= 0.3 is 5.97 Å². The van der Waals surface area contributed by atoms with Crippen LogP contribution in [0.5, 0.6) is 0 Å². The molecule has 13 heteroatoms. The quantitative estimate of drug-likeness (QED) is 0.315. The highest BCUT2D eigenvalue weighted by Crippen LogP contribution is 2.39. The van der Waals surface area contributed by atoms with Crippen LogP contribution in [0.1, 0.15) is 45.7 Å². The fraction of sp³-hybridized carbons (Fsp3) is 0.250. The number of rotatable bonds is 6. The number of carbonyl (C=O) groups excluding carboxylic acids is 1. The van der Waals surface area contributed by atoms with Crippen molar-refractivity contribution in [3.63, 3.8) is 0 Å². The van der Waals surface area contributed by atoms with Crippen LogP contribution in [-0.2, 0) is 19.6 Å². The van der Waals surface area contributed by atoms with Crippen LogP contribution in [0.15, 0.2) is 45.6 Å². The van der Waals surface area contributed by atoms with E-state index in [1.807, 2.05) is 37.5 Å². The Labute approximate surface area is 226 Å². The number of hydrogen-bond acceptors (Lipinski definition) is 9. The number of ether oxygens (including phenoxy) is 1. The average Bonchev–Trinajstić information content (AvgIpc) is 3.52. The first-order chi connectivity index (χ1) is 17.6. The van der Waals surface area contributed by atoms with Gasteiger partial charge in [-0.15, -0.1) is 32.9 Å². The molecule has 0 saturated heterocycles. The largest absolute Gasteiger partial charge is 0.469 e. The molecule has 0 amide bonds. The van der Waals surface area contributed by atoms with Crippen molar-refractivity contribution < 1.29 is 17.9 Å². The lowest BCUT2D eigenvalue weighted by Crippen LogP contribution is -2.13. The molecule has 0 aliphatic carbocycles. The van der Waals surface area contributed by atoms with Crippen molar-refractivity contribution in [2.45, 2.75) is 37.4 Å². The molecule has 4 aromatic rings. The van der Waals surface area contributed by atoms with Crippen molar-refractivity contribution in [2.24, 2.45) is 4.99 Å². The van der Waals surface area contributed by atoms with Crippen molar-refractivity contribution in [1.82, 2.24) is 14.8 Å². The van der Waals surface area contributed by atoms with Gasteiger partial charge < -0.3 is 4.74 Å². The molecule has 0 unspecified atom stereocenters. The van der Waals surface area contributed by atoms with E-state index in [0.717, 1.165) is 37.9 Å². The molecule has 1 atom stereocenters. The zero-order chi connectivity index (χ0) is 26.5. The molecule has 9 nitrogen and oxygen atoms in total. The zero-order valence-electron chi connectivity index (χ0n) is 20.3. The van der Waals surface area contributed by atoms with E-state index < -0.39 is 22.0 Å². The number of halogens is 1. The number of nitrogens with one attached hydrogen (secondary N) is 1. The summed E-state index contributed by atoms with van der Waals surface area (Å²) in [6.07, 6.45) is 0.00631. The number of carbonyl (C=O) groups is 1. The Morgan fingerprint density at radius 3 is 2.49 bits per heavy atom. The molecule has 3 aromatic heterocycles. The van der Waals surface area contributed by atoms with Gasteiger partial charge in [-0.25, -0.2) is 8.42 Å². The van der Waals surface area contributed by atoms with Gasteiger partial charge in [0.2, 0.25) is 0 Å². The maximum atomic E-state index is 12.7. The molecule has 4 heterocycles. The van der Waals surface area contributed by atoms with Crippen LogP contribution >= 0.6 is 34.3 Å². The number of anilines is 1. The van der Waals surface area contributed by atoms with Crippen molar-refractivity contribution >= 4 is 61.7 Å². The molecule has 37 heavy (non-hydrogen) atoms. The number of sulfonamides is 1. The van der Waals surface area contributed by atoms with Crippen molar-refractivity contribution in [3.8, 4) is 5.00 Å². The lowest BCUT2D eigenvalue weighted by atomic mass is 9.99. The van der Waals surface area contributed by atoms with E-state index in [4.69, 9.17) is 21.3 Å². The highest BCUT2D eigenvalue weighted by molar-refractivity contribution is 7.94. The van der Waals surface area contributed by atoms with Gasteiger partial charge in [-0.05, 0) is 50.6 Å². The molecule has 0 saturated carbocycles. The van der Waals surface area contributed by atoms with Crippen LogP contribution in [0.3, 0.4) is 0 Å². The molecule has 0 spiro atoms. The van der Waals surface area contributed by atoms with Crippen LogP contribution in [-0.4, -0.2) is 42.0 Å². The third-order valence-electron chi connectivity index (χ3n) is 6.05. The standard InChI is InChI=1S/C24H22ClN5O4S3/c1-12-13(2)35-24-21(12)22(26-17(11-19(31)34-4)23-28-27-14(3)30(23)24)15-5-7-16(8-6-15)29-37(32,33)20-10-9-18(25)36-20/h5-10,17,29H,11H2,1-4H3/t17-/m0/s1. The summed E-state index contributed by atoms with van der Waals surface area (Å²) in [7, 11) is -2.42. The maximum absolute atomic E-state index is 12.7. The number of thiophene rings is 2. The average molecular weight is 576 g/mol. The summed E-state index contributed by atoms with van der Waals surface area (Å²) >= 11 is 8.51. The molecule has 192 valence electrons.